The first-order valence-corrected chi connectivity index (χ1v) is 6.44. The number of halogens is 2. The molecule has 1 unspecified atom stereocenters. The first-order chi connectivity index (χ1) is 9.63. The van der Waals surface area contributed by atoms with E-state index in [9.17, 15) is 8.78 Å². The molecule has 0 amide bonds. The summed E-state index contributed by atoms with van der Waals surface area (Å²) in [5.41, 5.74) is 0.808. The zero-order valence-electron chi connectivity index (χ0n) is 11.4. The van der Waals surface area contributed by atoms with E-state index in [1.807, 2.05) is 25.1 Å². The van der Waals surface area contributed by atoms with Gasteiger partial charge in [0.25, 0.3) is 0 Å². The van der Waals surface area contributed by atoms with Gasteiger partial charge in [-0.05, 0) is 36.9 Å². The lowest BCUT2D eigenvalue weighted by Gasteiger charge is -2.15. The molecule has 0 bridgehead atoms. The summed E-state index contributed by atoms with van der Waals surface area (Å²) >= 11 is 0. The minimum absolute atomic E-state index is 0.139. The maximum absolute atomic E-state index is 12.3. The van der Waals surface area contributed by atoms with Crippen molar-refractivity contribution in [3.05, 3.63) is 53.5 Å². The second kappa shape index (κ2) is 6.52. The predicted molar refractivity (Wildman–Crippen MR) is 72.1 cm³/mol. The molecule has 1 N–H and O–H groups in total. The molecule has 1 atom stereocenters. The molecule has 0 aliphatic rings. The van der Waals surface area contributed by atoms with E-state index in [-0.39, 0.29) is 11.8 Å². The fraction of sp³-hybridized carbons (Fsp3) is 0.333. The van der Waals surface area contributed by atoms with Gasteiger partial charge in [0, 0.05) is 6.42 Å². The molecule has 0 aliphatic carbocycles. The number of hydrogen-bond acceptors (Lipinski definition) is 3. The average molecular weight is 281 g/mol. The van der Waals surface area contributed by atoms with Crippen molar-refractivity contribution in [3.8, 4) is 5.75 Å². The summed E-state index contributed by atoms with van der Waals surface area (Å²) in [7, 11) is 1.79. The van der Waals surface area contributed by atoms with Gasteiger partial charge in [0.1, 0.15) is 17.3 Å². The van der Waals surface area contributed by atoms with Crippen LogP contribution in [-0.2, 0) is 6.42 Å². The topological polar surface area (TPSA) is 34.4 Å². The Balaban J connectivity index is 2.26. The summed E-state index contributed by atoms with van der Waals surface area (Å²) < 4.78 is 34.6. The highest BCUT2D eigenvalue weighted by Crippen LogP contribution is 2.27. The Labute approximate surface area is 116 Å². The average Bonchev–Trinajstić information content (AvgIpc) is 2.88. The Hall–Kier alpha value is -1.88. The molecule has 1 heterocycles. The lowest BCUT2D eigenvalue weighted by Crippen LogP contribution is -2.17. The van der Waals surface area contributed by atoms with Crippen molar-refractivity contribution >= 4 is 0 Å². The maximum atomic E-state index is 12.3. The van der Waals surface area contributed by atoms with E-state index in [0.717, 1.165) is 23.5 Å². The van der Waals surface area contributed by atoms with Crippen LogP contribution >= 0.6 is 0 Å². The summed E-state index contributed by atoms with van der Waals surface area (Å²) in [5.74, 6) is 1.78. The number of aryl methyl sites for hydroxylation is 1. The minimum atomic E-state index is -2.83. The van der Waals surface area contributed by atoms with Crippen LogP contribution in [-0.4, -0.2) is 13.7 Å². The normalized spacial score (nSPS) is 12.7. The molecular formula is C15H17F2NO2. The number of benzene rings is 1. The Morgan fingerprint density at radius 1 is 1.25 bits per heavy atom. The van der Waals surface area contributed by atoms with Gasteiger partial charge in [-0.2, -0.15) is 8.78 Å². The van der Waals surface area contributed by atoms with Crippen LogP contribution in [0.4, 0.5) is 8.78 Å². The summed E-state index contributed by atoms with van der Waals surface area (Å²) in [6, 6.07) is 10.2. The molecule has 0 radical (unpaired) electrons. The molecule has 3 nitrogen and oxygen atoms in total. The van der Waals surface area contributed by atoms with Crippen molar-refractivity contribution in [2.75, 3.05) is 7.05 Å². The van der Waals surface area contributed by atoms with E-state index < -0.39 is 6.61 Å². The monoisotopic (exact) mass is 281 g/mol. The Kier molecular flexibility index (Phi) is 4.74. The van der Waals surface area contributed by atoms with Gasteiger partial charge in [-0.1, -0.05) is 19.1 Å². The van der Waals surface area contributed by atoms with Crippen LogP contribution in [0.3, 0.4) is 0 Å². The van der Waals surface area contributed by atoms with E-state index in [0.29, 0.717) is 0 Å². The third-order valence-electron chi connectivity index (χ3n) is 3.02. The predicted octanol–water partition coefficient (Wildman–Crippen LogP) is 3.75. The number of hydrogen-bond donors (Lipinski definition) is 1. The van der Waals surface area contributed by atoms with Crippen LogP contribution in [0.2, 0.25) is 0 Å². The molecule has 20 heavy (non-hydrogen) atoms. The van der Waals surface area contributed by atoms with Gasteiger partial charge < -0.3 is 14.5 Å². The van der Waals surface area contributed by atoms with Gasteiger partial charge in [0.2, 0.25) is 0 Å². The molecule has 2 rings (SSSR count). The highest BCUT2D eigenvalue weighted by molar-refractivity contribution is 5.34. The van der Waals surface area contributed by atoms with Gasteiger partial charge in [-0.3, -0.25) is 0 Å². The van der Waals surface area contributed by atoms with Gasteiger partial charge in [0.15, 0.2) is 0 Å². The van der Waals surface area contributed by atoms with Crippen molar-refractivity contribution in [2.24, 2.45) is 0 Å². The molecule has 2 aromatic rings. The number of alkyl halides is 2. The second-order valence-electron chi connectivity index (χ2n) is 4.33. The first kappa shape index (κ1) is 14.5. The van der Waals surface area contributed by atoms with E-state index in [4.69, 9.17) is 4.42 Å². The van der Waals surface area contributed by atoms with Crippen molar-refractivity contribution in [1.29, 1.82) is 0 Å². The quantitative estimate of drug-likeness (QED) is 0.875. The van der Waals surface area contributed by atoms with Crippen LogP contribution < -0.4 is 10.1 Å². The Morgan fingerprint density at radius 2 is 2.05 bits per heavy atom. The van der Waals surface area contributed by atoms with Gasteiger partial charge in [0.05, 0.1) is 6.04 Å². The first-order valence-electron chi connectivity index (χ1n) is 6.44. The molecule has 1 aromatic heterocycles. The zero-order chi connectivity index (χ0) is 14.5. The Bertz CT molecular complexity index is 554. The van der Waals surface area contributed by atoms with Gasteiger partial charge in [-0.15, -0.1) is 0 Å². The molecule has 108 valence electrons. The summed E-state index contributed by atoms with van der Waals surface area (Å²) in [4.78, 5) is 0. The third-order valence-corrected chi connectivity index (χ3v) is 3.02. The van der Waals surface area contributed by atoms with E-state index in [1.54, 1.807) is 19.2 Å². The maximum Gasteiger partial charge on any atom is 0.387 e. The van der Waals surface area contributed by atoms with Crippen LogP contribution in [0, 0.1) is 0 Å². The van der Waals surface area contributed by atoms with Gasteiger partial charge >= 0.3 is 6.61 Å². The molecular weight excluding hydrogens is 264 g/mol. The minimum Gasteiger partial charge on any atom is -0.464 e. The number of rotatable bonds is 6. The fourth-order valence-electron chi connectivity index (χ4n) is 2.08. The number of ether oxygens (including phenoxy) is 1. The second-order valence-corrected chi connectivity index (χ2v) is 4.33. The Morgan fingerprint density at radius 3 is 2.65 bits per heavy atom. The van der Waals surface area contributed by atoms with E-state index in [2.05, 4.69) is 10.1 Å². The number of nitrogens with one attached hydrogen (secondary N) is 1. The molecule has 0 saturated carbocycles. The lowest BCUT2D eigenvalue weighted by molar-refractivity contribution is -0.0498. The zero-order valence-corrected chi connectivity index (χ0v) is 11.4. The summed E-state index contributed by atoms with van der Waals surface area (Å²) in [6.07, 6.45) is 0.810. The van der Waals surface area contributed by atoms with Crippen LogP contribution in [0.1, 0.15) is 30.0 Å². The molecule has 0 aliphatic heterocycles. The largest absolute Gasteiger partial charge is 0.464 e. The van der Waals surface area contributed by atoms with E-state index >= 15 is 0 Å². The van der Waals surface area contributed by atoms with Crippen molar-refractivity contribution in [2.45, 2.75) is 26.0 Å². The standard InChI is InChI=1S/C15H17F2NO2/c1-3-11-7-8-13(19-11)14(18-2)10-5-4-6-12(9-10)20-15(16)17/h4-9,14-15,18H,3H2,1-2H3. The lowest BCUT2D eigenvalue weighted by atomic mass is 10.0. The molecule has 0 saturated heterocycles. The van der Waals surface area contributed by atoms with Crippen molar-refractivity contribution in [1.82, 2.24) is 5.32 Å². The summed E-state index contributed by atoms with van der Waals surface area (Å²) in [5, 5.41) is 3.12. The third kappa shape index (κ3) is 3.36. The van der Waals surface area contributed by atoms with Gasteiger partial charge in [-0.25, -0.2) is 0 Å². The molecule has 1 aromatic carbocycles. The summed E-state index contributed by atoms with van der Waals surface area (Å²) in [6.45, 7) is -0.817. The van der Waals surface area contributed by atoms with Crippen molar-refractivity contribution < 1.29 is 17.9 Å². The van der Waals surface area contributed by atoms with Crippen LogP contribution in [0.15, 0.2) is 40.8 Å². The molecule has 5 heteroatoms. The molecule has 0 fully saturated rings. The van der Waals surface area contributed by atoms with Crippen LogP contribution in [0.25, 0.3) is 0 Å². The van der Waals surface area contributed by atoms with E-state index in [1.165, 1.54) is 6.07 Å². The smallest absolute Gasteiger partial charge is 0.387 e. The highest BCUT2D eigenvalue weighted by Gasteiger charge is 2.17. The van der Waals surface area contributed by atoms with Crippen LogP contribution in [0.5, 0.6) is 5.75 Å². The fourth-order valence-corrected chi connectivity index (χ4v) is 2.08. The van der Waals surface area contributed by atoms with Crippen molar-refractivity contribution in [3.63, 3.8) is 0 Å². The highest BCUT2D eigenvalue weighted by atomic mass is 19.3. The molecule has 0 spiro atoms. The SMILES string of the molecule is CCc1ccc(C(NC)c2cccc(OC(F)F)c2)o1. The number of furan rings is 1.